The van der Waals surface area contributed by atoms with E-state index in [-0.39, 0.29) is 28.3 Å². The molecule has 0 fully saturated rings. The minimum Gasteiger partial charge on any atom is -0.471 e. The van der Waals surface area contributed by atoms with Crippen LogP contribution in [0.2, 0.25) is 5.15 Å². The number of aryl methyl sites for hydroxylation is 1. The zero-order chi connectivity index (χ0) is 24.1. The van der Waals surface area contributed by atoms with Crippen LogP contribution < -0.4 is 14.8 Å². The van der Waals surface area contributed by atoms with Crippen molar-refractivity contribution in [2.24, 2.45) is 0 Å². The highest BCUT2D eigenvalue weighted by Gasteiger charge is 2.16. The lowest BCUT2D eigenvalue weighted by atomic mass is 10.2. The molecular formula is C22H19ClN6O4S. The van der Waals surface area contributed by atoms with Crippen molar-refractivity contribution in [3.63, 3.8) is 0 Å². The number of halogens is 1. The standard InChI is InChI=1S/C22H19ClN6O4S/c1-15-4-2-3-5-19(15)33-14-29-13-12-18(27-29)22(30)24-16-6-8-17(9-7-16)34(31,32)28-21-11-10-20(23)25-26-21/h2-13H,14H2,1H3,(H,24,30)(H,26,28). The third-order valence-electron chi connectivity index (χ3n) is 4.61. The van der Waals surface area contributed by atoms with Gasteiger partial charge in [-0.15, -0.1) is 10.2 Å². The third-order valence-corrected chi connectivity index (χ3v) is 6.18. The summed E-state index contributed by atoms with van der Waals surface area (Å²) < 4.78 is 34.5. The second-order valence-corrected chi connectivity index (χ2v) is 9.17. The minimum atomic E-state index is -3.89. The fourth-order valence-corrected chi connectivity index (χ4v) is 3.99. The Morgan fingerprint density at radius 1 is 1.03 bits per heavy atom. The Kier molecular flexibility index (Phi) is 6.75. The van der Waals surface area contributed by atoms with Gasteiger partial charge in [0.15, 0.2) is 23.4 Å². The first-order chi connectivity index (χ1) is 16.3. The summed E-state index contributed by atoms with van der Waals surface area (Å²) >= 11 is 5.65. The van der Waals surface area contributed by atoms with Gasteiger partial charge < -0.3 is 10.1 Å². The summed E-state index contributed by atoms with van der Waals surface area (Å²) in [5.74, 6) is 0.320. The normalized spacial score (nSPS) is 11.1. The molecule has 12 heteroatoms. The van der Waals surface area contributed by atoms with Crippen LogP contribution in [0.25, 0.3) is 0 Å². The van der Waals surface area contributed by atoms with Crippen LogP contribution >= 0.6 is 11.6 Å². The van der Waals surface area contributed by atoms with Gasteiger partial charge in [-0.1, -0.05) is 29.8 Å². The van der Waals surface area contributed by atoms with E-state index in [0.717, 1.165) is 11.3 Å². The van der Waals surface area contributed by atoms with E-state index in [1.165, 1.54) is 41.1 Å². The molecule has 0 radical (unpaired) electrons. The quantitative estimate of drug-likeness (QED) is 0.379. The summed E-state index contributed by atoms with van der Waals surface area (Å²) in [6, 6.07) is 17.6. The molecule has 1 amide bonds. The van der Waals surface area contributed by atoms with Crippen LogP contribution in [0.15, 0.2) is 77.8 Å². The van der Waals surface area contributed by atoms with Crippen molar-refractivity contribution in [2.45, 2.75) is 18.6 Å². The van der Waals surface area contributed by atoms with Gasteiger partial charge in [-0.2, -0.15) is 5.10 Å². The van der Waals surface area contributed by atoms with Crippen LogP contribution in [0.5, 0.6) is 5.75 Å². The Hall–Kier alpha value is -3.96. The molecule has 4 aromatic rings. The first kappa shape index (κ1) is 23.2. The van der Waals surface area contributed by atoms with Gasteiger partial charge in [0.1, 0.15) is 5.75 Å². The minimum absolute atomic E-state index is 0.0140. The molecule has 0 spiro atoms. The smallest absolute Gasteiger partial charge is 0.276 e. The molecule has 0 saturated carbocycles. The van der Waals surface area contributed by atoms with Crippen LogP contribution in [0.1, 0.15) is 16.1 Å². The molecule has 0 saturated heterocycles. The van der Waals surface area contributed by atoms with E-state index in [2.05, 4.69) is 25.3 Å². The summed E-state index contributed by atoms with van der Waals surface area (Å²) in [7, 11) is -3.89. The summed E-state index contributed by atoms with van der Waals surface area (Å²) in [6.07, 6.45) is 1.63. The number of carbonyl (C=O) groups is 1. The maximum atomic E-state index is 12.5. The number of para-hydroxylation sites is 1. The number of nitrogens with zero attached hydrogens (tertiary/aromatic N) is 4. The molecule has 0 unspecified atom stereocenters. The summed E-state index contributed by atoms with van der Waals surface area (Å²) in [5.41, 5.74) is 1.59. The van der Waals surface area contributed by atoms with E-state index in [0.29, 0.717) is 5.69 Å². The molecule has 0 bridgehead atoms. The van der Waals surface area contributed by atoms with Crippen LogP contribution in [0.3, 0.4) is 0 Å². The van der Waals surface area contributed by atoms with Crippen LogP contribution in [0, 0.1) is 6.92 Å². The van der Waals surface area contributed by atoms with Crippen molar-refractivity contribution >= 4 is 39.0 Å². The molecule has 10 nitrogen and oxygen atoms in total. The first-order valence-corrected chi connectivity index (χ1v) is 11.8. The maximum Gasteiger partial charge on any atom is 0.276 e. The van der Waals surface area contributed by atoms with Gasteiger partial charge in [0.05, 0.1) is 4.90 Å². The monoisotopic (exact) mass is 498 g/mol. The topological polar surface area (TPSA) is 128 Å². The van der Waals surface area contributed by atoms with Gasteiger partial charge in [-0.3, -0.25) is 9.52 Å². The average molecular weight is 499 g/mol. The Bertz CT molecular complexity index is 1410. The molecule has 174 valence electrons. The van der Waals surface area contributed by atoms with Crippen molar-refractivity contribution in [3.05, 3.63) is 89.3 Å². The number of aromatic nitrogens is 4. The van der Waals surface area contributed by atoms with Gasteiger partial charge in [-0.25, -0.2) is 13.1 Å². The fraction of sp³-hybridized carbons (Fsp3) is 0.0909. The maximum absolute atomic E-state index is 12.5. The zero-order valence-corrected chi connectivity index (χ0v) is 19.4. The van der Waals surface area contributed by atoms with Crippen LogP contribution in [-0.4, -0.2) is 34.3 Å². The van der Waals surface area contributed by atoms with Crippen molar-refractivity contribution in [2.75, 3.05) is 10.0 Å². The molecule has 2 aromatic carbocycles. The van der Waals surface area contributed by atoms with Crippen molar-refractivity contribution in [3.8, 4) is 5.75 Å². The van der Waals surface area contributed by atoms with E-state index in [1.54, 1.807) is 12.3 Å². The summed E-state index contributed by atoms with van der Waals surface area (Å²) in [6.45, 7) is 2.09. The van der Waals surface area contributed by atoms with E-state index in [4.69, 9.17) is 16.3 Å². The van der Waals surface area contributed by atoms with Gasteiger partial charge in [0.2, 0.25) is 0 Å². The number of amides is 1. The lowest BCUT2D eigenvalue weighted by Gasteiger charge is -2.09. The zero-order valence-electron chi connectivity index (χ0n) is 17.8. The molecule has 34 heavy (non-hydrogen) atoms. The van der Waals surface area contributed by atoms with Crippen molar-refractivity contribution < 1.29 is 17.9 Å². The molecular weight excluding hydrogens is 480 g/mol. The third kappa shape index (κ3) is 5.69. The number of sulfonamides is 1. The predicted molar refractivity (Wildman–Crippen MR) is 126 cm³/mol. The number of hydrogen-bond acceptors (Lipinski definition) is 7. The Morgan fingerprint density at radius 2 is 1.79 bits per heavy atom. The van der Waals surface area contributed by atoms with Gasteiger partial charge in [-0.05, 0) is 61.0 Å². The predicted octanol–water partition coefficient (Wildman–Crippen LogP) is 3.72. The molecule has 2 heterocycles. The molecule has 0 atom stereocenters. The number of nitrogens with one attached hydrogen (secondary N) is 2. The molecule has 2 aromatic heterocycles. The fourth-order valence-electron chi connectivity index (χ4n) is 2.89. The molecule has 2 N–H and O–H groups in total. The van der Waals surface area contributed by atoms with E-state index in [1.807, 2.05) is 31.2 Å². The number of carbonyl (C=O) groups excluding carboxylic acids is 1. The number of hydrogen-bond donors (Lipinski definition) is 2. The summed E-state index contributed by atoms with van der Waals surface area (Å²) in [5, 5.41) is 14.3. The second kappa shape index (κ2) is 9.89. The summed E-state index contributed by atoms with van der Waals surface area (Å²) in [4.78, 5) is 12.5. The number of rotatable bonds is 8. The highest BCUT2D eigenvalue weighted by molar-refractivity contribution is 7.92. The van der Waals surface area contributed by atoms with Crippen molar-refractivity contribution in [1.82, 2.24) is 20.0 Å². The average Bonchev–Trinajstić information content (AvgIpc) is 3.30. The van der Waals surface area contributed by atoms with Gasteiger partial charge in [0, 0.05) is 11.9 Å². The van der Waals surface area contributed by atoms with Gasteiger partial charge in [0.25, 0.3) is 15.9 Å². The SMILES string of the molecule is Cc1ccccc1OCn1ccc(C(=O)Nc2ccc(S(=O)(=O)Nc3ccc(Cl)nn3)cc2)n1. The molecule has 0 aliphatic rings. The van der Waals surface area contributed by atoms with E-state index >= 15 is 0 Å². The Morgan fingerprint density at radius 3 is 2.50 bits per heavy atom. The van der Waals surface area contributed by atoms with Crippen LogP contribution in [-0.2, 0) is 16.8 Å². The second-order valence-electron chi connectivity index (χ2n) is 7.10. The largest absolute Gasteiger partial charge is 0.471 e. The molecule has 0 aliphatic heterocycles. The van der Waals surface area contributed by atoms with Crippen LogP contribution in [0.4, 0.5) is 11.5 Å². The van der Waals surface area contributed by atoms with Crippen molar-refractivity contribution in [1.29, 1.82) is 0 Å². The highest BCUT2D eigenvalue weighted by atomic mass is 35.5. The first-order valence-electron chi connectivity index (χ1n) is 9.95. The lowest BCUT2D eigenvalue weighted by Crippen LogP contribution is -2.16. The highest BCUT2D eigenvalue weighted by Crippen LogP contribution is 2.19. The van der Waals surface area contributed by atoms with E-state index < -0.39 is 15.9 Å². The molecule has 4 rings (SSSR count). The number of ether oxygens (including phenoxy) is 1. The Balaban J connectivity index is 1.36. The lowest BCUT2D eigenvalue weighted by molar-refractivity contribution is 0.102. The number of anilines is 2. The molecule has 0 aliphatic carbocycles. The van der Waals surface area contributed by atoms with Gasteiger partial charge >= 0.3 is 0 Å². The number of benzene rings is 2. The van der Waals surface area contributed by atoms with E-state index in [9.17, 15) is 13.2 Å². The Labute approximate surface area is 200 Å².